The fraction of sp³-hybridized carbons (Fsp3) is 0.167. The largest absolute Gasteiger partial charge is 0.345 e. The van der Waals surface area contributed by atoms with Crippen molar-refractivity contribution < 1.29 is 0 Å². The van der Waals surface area contributed by atoms with Gasteiger partial charge in [0, 0.05) is 18.4 Å². The second kappa shape index (κ2) is 7.49. The van der Waals surface area contributed by atoms with E-state index in [1.807, 2.05) is 0 Å². The maximum atomic E-state index is 2.53. The standard InChI is InChI=1S/C24H24N2/c1-2-18-25-23(20-12-6-3-7-13-20)19-26(22-16-10-5-11-17-22)24(25)21-14-8-4-9-15-21/h3-17,19,24H,2,18H2,1H3. The van der Waals surface area contributed by atoms with E-state index in [-0.39, 0.29) is 6.17 Å². The normalized spacial score (nSPS) is 16.7. The van der Waals surface area contributed by atoms with E-state index in [1.54, 1.807) is 0 Å². The molecular weight excluding hydrogens is 316 g/mol. The van der Waals surface area contributed by atoms with Crippen LogP contribution in [0.2, 0.25) is 0 Å². The van der Waals surface area contributed by atoms with Gasteiger partial charge >= 0.3 is 0 Å². The second-order valence-corrected chi connectivity index (χ2v) is 6.60. The van der Waals surface area contributed by atoms with Crippen LogP contribution in [0.3, 0.4) is 0 Å². The van der Waals surface area contributed by atoms with E-state index in [4.69, 9.17) is 0 Å². The molecule has 1 atom stereocenters. The van der Waals surface area contributed by atoms with Crippen molar-refractivity contribution in [3.63, 3.8) is 0 Å². The quantitative estimate of drug-likeness (QED) is 0.569. The van der Waals surface area contributed by atoms with E-state index in [2.05, 4.69) is 114 Å². The van der Waals surface area contributed by atoms with Gasteiger partial charge in [-0.3, -0.25) is 0 Å². The van der Waals surface area contributed by atoms with Crippen LogP contribution < -0.4 is 4.90 Å². The molecule has 0 spiro atoms. The Morgan fingerprint density at radius 1 is 0.731 bits per heavy atom. The maximum Gasteiger partial charge on any atom is 0.132 e. The van der Waals surface area contributed by atoms with E-state index in [0.29, 0.717) is 0 Å². The topological polar surface area (TPSA) is 6.48 Å². The summed E-state index contributed by atoms with van der Waals surface area (Å²) in [7, 11) is 0. The number of benzene rings is 3. The molecule has 26 heavy (non-hydrogen) atoms. The molecule has 0 bridgehead atoms. The van der Waals surface area contributed by atoms with Crippen molar-refractivity contribution >= 4 is 11.4 Å². The molecule has 1 aliphatic heterocycles. The third-order valence-corrected chi connectivity index (χ3v) is 4.82. The van der Waals surface area contributed by atoms with E-state index < -0.39 is 0 Å². The molecule has 0 fully saturated rings. The summed E-state index contributed by atoms with van der Waals surface area (Å²) in [6, 6.07) is 32.2. The third-order valence-electron chi connectivity index (χ3n) is 4.82. The summed E-state index contributed by atoms with van der Waals surface area (Å²) >= 11 is 0. The zero-order valence-corrected chi connectivity index (χ0v) is 15.1. The number of rotatable bonds is 5. The molecule has 0 aliphatic carbocycles. The van der Waals surface area contributed by atoms with E-state index in [0.717, 1.165) is 13.0 Å². The molecule has 0 N–H and O–H groups in total. The zero-order chi connectivity index (χ0) is 17.8. The number of anilines is 1. The minimum Gasteiger partial charge on any atom is -0.345 e. The van der Waals surface area contributed by atoms with Crippen molar-refractivity contribution in [1.29, 1.82) is 0 Å². The molecule has 3 aromatic carbocycles. The molecule has 0 saturated carbocycles. The molecule has 2 nitrogen and oxygen atoms in total. The first kappa shape index (κ1) is 16.5. The molecule has 1 heterocycles. The predicted molar refractivity (Wildman–Crippen MR) is 110 cm³/mol. The minimum absolute atomic E-state index is 0.175. The van der Waals surface area contributed by atoms with Crippen molar-refractivity contribution in [3.8, 4) is 0 Å². The molecule has 2 heteroatoms. The Balaban J connectivity index is 1.84. The van der Waals surface area contributed by atoms with Gasteiger partial charge in [0.2, 0.25) is 0 Å². The van der Waals surface area contributed by atoms with Crippen LogP contribution in [0.15, 0.2) is 97.2 Å². The highest BCUT2D eigenvalue weighted by molar-refractivity contribution is 5.73. The third kappa shape index (κ3) is 3.11. The number of hydrogen-bond donors (Lipinski definition) is 0. The Labute approximate surface area is 156 Å². The average molecular weight is 340 g/mol. The number of hydrogen-bond acceptors (Lipinski definition) is 2. The smallest absolute Gasteiger partial charge is 0.132 e. The highest BCUT2D eigenvalue weighted by Crippen LogP contribution is 2.42. The lowest BCUT2D eigenvalue weighted by Gasteiger charge is -2.34. The first-order valence-corrected chi connectivity index (χ1v) is 9.30. The Morgan fingerprint density at radius 3 is 1.92 bits per heavy atom. The lowest BCUT2D eigenvalue weighted by Crippen LogP contribution is -2.32. The molecule has 0 aromatic heterocycles. The van der Waals surface area contributed by atoms with Gasteiger partial charge < -0.3 is 9.80 Å². The van der Waals surface area contributed by atoms with Crippen LogP contribution in [-0.4, -0.2) is 11.4 Å². The van der Waals surface area contributed by atoms with E-state index in [9.17, 15) is 0 Å². The summed E-state index contributed by atoms with van der Waals surface area (Å²) in [4.78, 5) is 4.92. The Bertz CT molecular complexity index is 856. The lowest BCUT2D eigenvalue weighted by molar-refractivity contribution is 0.321. The highest BCUT2D eigenvalue weighted by Gasteiger charge is 2.34. The molecule has 0 radical (unpaired) electrons. The molecule has 1 unspecified atom stereocenters. The van der Waals surface area contributed by atoms with Crippen molar-refractivity contribution in [2.75, 3.05) is 11.4 Å². The summed E-state index contributed by atoms with van der Waals surface area (Å²) in [6.07, 6.45) is 3.59. The van der Waals surface area contributed by atoms with Crippen LogP contribution in [0, 0.1) is 0 Å². The molecular formula is C24H24N2. The number of para-hydroxylation sites is 1. The summed E-state index contributed by atoms with van der Waals surface area (Å²) in [5, 5.41) is 0. The lowest BCUT2D eigenvalue weighted by atomic mass is 10.1. The van der Waals surface area contributed by atoms with Gasteiger partial charge in [-0.05, 0) is 29.7 Å². The van der Waals surface area contributed by atoms with Crippen LogP contribution in [0.4, 0.5) is 5.69 Å². The van der Waals surface area contributed by atoms with Crippen LogP contribution in [0.5, 0.6) is 0 Å². The molecule has 0 amide bonds. The summed E-state index contributed by atoms with van der Waals surface area (Å²) < 4.78 is 0. The molecule has 3 aromatic rings. The average Bonchev–Trinajstić information content (AvgIpc) is 3.10. The van der Waals surface area contributed by atoms with Crippen molar-refractivity contribution in [3.05, 3.63) is 108 Å². The van der Waals surface area contributed by atoms with Crippen LogP contribution >= 0.6 is 0 Å². The van der Waals surface area contributed by atoms with Gasteiger partial charge in [-0.25, -0.2) is 0 Å². The van der Waals surface area contributed by atoms with Gasteiger partial charge in [-0.2, -0.15) is 0 Å². The van der Waals surface area contributed by atoms with Gasteiger partial charge in [-0.1, -0.05) is 85.8 Å². The minimum atomic E-state index is 0.175. The van der Waals surface area contributed by atoms with Crippen LogP contribution in [-0.2, 0) is 0 Å². The Morgan fingerprint density at radius 2 is 1.31 bits per heavy atom. The fourth-order valence-corrected chi connectivity index (χ4v) is 3.67. The van der Waals surface area contributed by atoms with E-state index >= 15 is 0 Å². The van der Waals surface area contributed by atoms with Gasteiger partial charge in [0.05, 0.1) is 5.70 Å². The fourth-order valence-electron chi connectivity index (χ4n) is 3.67. The van der Waals surface area contributed by atoms with Gasteiger partial charge in [0.15, 0.2) is 0 Å². The second-order valence-electron chi connectivity index (χ2n) is 6.60. The SMILES string of the molecule is CCCN1C(c2ccccc2)=CN(c2ccccc2)C1c1ccccc1. The molecule has 4 rings (SSSR count). The molecule has 1 aliphatic rings. The summed E-state index contributed by atoms with van der Waals surface area (Å²) in [5.74, 6) is 0. The van der Waals surface area contributed by atoms with Gasteiger partial charge in [-0.15, -0.1) is 0 Å². The summed E-state index contributed by atoms with van der Waals surface area (Å²) in [5.41, 5.74) is 5.07. The van der Waals surface area contributed by atoms with Gasteiger partial charge in [0.1, 0.15) is 6.17 Å². The zero-order valence-electron chi connectivity index (χ0n) is 15.1. The Hall–Kier alpha value is -3.00. The van der Waals surface area contributed by atoms with E-state index in [1.165, 1.54) is 22.5 Å². The molecule has 130 valence electrons. The maximum absolute atomic E-state index is 2.53. The van der Waals surface area contributed by atoms with Crippen molar-refractivity contribution in [2.45, 2.75) is 19.5 Å². The number of nitrogens with zero attached hydrogens (tertiary/aromatic N) is 2. The van der Waals surface area contributed by atoms with Crippen LogP contribution in [0.25, 0.3) is 5.70 Å². The monoisotopic (exact) mass is 340 g/mol. The van der Waals surface area contributed by atoms with Gasteiger partial charge in [0.25, 0.3) is 0 Å². The van der Waals surface area contributed by atoms with Crippen molar-refractivity contribution in [1.82, 2.24) is 4.90 Å². The first-order chi connectivity index (χ1) is 12.9. The predicted octanol–water partition coefficient (Wildman–Crippen LogP) is 5.92. The molecule has 0 saturated heterocycles. The summed E-state index contributed by atoms with van der Waals surface area (Å²) in [6.45, 7) is 3.26. The first-order valence-electron chi connectivity index (χ1n) is 9.30. The Kier molecular flexibility index (Phi) is 4.74. The highest BCUT2D eigenvalue weighted by atomic mass is 15.4. The van der Waals surface area contributed by atoms with Crippen LogP contribution in [0.1, 0.15) is 30.6 Å². The van der Waals surface area contributed by atoms with Crippen molar-refractivity contribution in [2.24, 2.45) is 0 Å².